The highest BCUT2D eigenvalue weighted by Gasteiger charge is 2.13. The van der Waals surface area contributed by atoms with Crippen molar-refractivity contribution in [3.8, 4) is 17.3 Å². The molecule has 4 N–H and O–H groups in total. The summed E-state index contributed by atoms with van der Waals surface area (Å²) in [5, 5.41) is 20.1. The Bertz CT molecular complexity index is 1880. The van der Waals surface area contributed by atoms with Gasteiger partial charge in [0.1, 0.15) is 5.82 Å². The van der Waals surface area contributed by atoms with Crippen LogP contribution in [0.2, 0.25) is 0 Å². The summed E-state index contributed by atoms with van der Waals surface area (Å²) in [5.41, 5.74) is 7.40. The molecule has 0 saturated carbocycles. The molecule has 2 heterocycles. The van der Waals surface area contributed by atoms with Crippen molar-refractivity contribution in [2.45, 2.75) is 58.8 Å². The third kappa shape index (κ3) is 10.1. The number of nitrogens with one attached hydrogen (secondary N) is 3. The number of ether oxygens (including phenoxy) is 2. The first-order chi connectivity index (χ1) is 24.6. The molecule has 0 bridgehead atoms. The predicted octanol–water partition coefficient (Wildman–Crippen LogP) is 5.55. The van der Waals surface area contributed by atoms with E-state index in [-0.39, 0.29) is 24.3 Å². The summed E-state index contributed by atoms with van der Waals surface area (Å²) in [4.78, 5) is 29.9. The Morgan fingerprint density at radius 2 is 1.39 bits per heavy atom. The second-order valence-corrected chi connectivity index (χ2v) is 12.8. The molecule has 266 valence electrons. The first-order valence-electron chi connectivity index (χ1n) is 17.1. The van der Waals surface area contributed by atoms with Gasteiger partial charge in [0, 0.05) is 54.4 Å². The van der Waals surface area contributed by atoms with Gasteiger partial charge in [-0.3, -0.25) is 9.59 Å². The Balaban J connectivity index is 1.01. The lowest BCUT2D eigenvalue weighted by Crippen LogP contribution is -2.32. The lowest BCUT2D eigenvalue weighted by molar-refractivity contribution is -0.120. The van der Waals surface area contributed by atoms with Crippen molar-refractivity contribution in [2.75, 3.05) is 20.8 Å². The number of aromatic nitrogens is 2. The molecular weight excluding hydrogens is 642 g/mol. The van der Waals surface area contributed by atoms with Crippen LogP contribution in [0.15, 0.2) is 97.2 Å². The zero-order chi connectivity index (χ0) is 36.3. The van der Waals surface area contributed by atoms with Crippen LogP contribution in [0.4, 0.5) is 0 Å². The van der Waals surface area contributed by atoms with Gasteiger partial charge in [-0.2, -0.15) is 0 Å². The van der Waals surface area contributed by atoms with Crippen molar-refractivity contribution in [3.63, 3.8) is 0 Å². The summed E-state index contributed by atoms with van der Waals surface area (Å²) in [6.45, 7) is 7.32. The van der Waals surface area contributed by atoms with Crippen molar-refractivity contribution in [1.82, 2.24) is 25.5 Å². The summed E-state index contributed by atoms with van der Waals surface area (Å²) < 4.78 is 12.7. The third-order valence-electron chi connectivity index (χ3n) is 8.85. The first kappa shape index (κ1) is 36.8. The number of rotatable bonds is 16. The van der Waals surface area contributed by atoms with E-state index < -0.39 is 6.10 Å². The second kappa shape index (κ2) is 17.5. The van der Waals surface area contributed by atoms with Gasteiger partial charge in [0.05, 0.1) is 26.7 Å². The van der Waals surface area contributed by atoms with E-state index in [0.29, 0.717) is 36.7 Å². The number of pyridine rings is 1. The van der Waals surface area contributed by atoms with Gasteiger partial charge in [0.15, 0.2) is 11.5 Å². The number of benzene rings is 3. The Morgan fingerprint density at radius 3 is 2.04 bits per heavy atom. The highest BCUT2D eigenvalue weighted by Crippen LogP contribution is 2.27. The number of hydrogen-bond donors (Lipinski definition) is 4. The Kier molecular flexibility index (Phi) is 12.6. The number of aliphatic hydroxyl groups excluding tert-OH is 1. The van der Waals surface area contributed by atoms with Gasteiger partial charge in [0.25, 0.3) is 5.91 Å². The molecule has 0 saturated heterocycles. The smallest absolute Gasteiger partial charge is 0.251 e. The number of aryl methyl sites for hydroxylation is 2. The fourth-order valence-electron chi connectivity index (χ4n) is 5.90. The minimum Gasteiger partial charge on any atom is -0.493 e. The van der Waals surface area contributed by atoms with Gasteiger partial charge in [0.2, 0.25) is 5.91 Å². The maximum Gasteiger partial charge on any atom is 0.251 e. The number of nitrogens with zero attached hydrogens (tertiary/aromatic N) is 2. The van der Waals surface area contributed by atoms with Crippen LogP contribution in [-0.4, -0.2) is 53.3 Å². The summed E-state index contributed by atoms with van der Waals surface area (Å²) in [7, 11) is 3.15. The van der Waals surface area contributed by atoms with Gasteiger partial charge in [-0.05, 0) is 91.9 Å². The van der Waals surface area contributed by atoms with E-state index in [1.165, 1.54) is 0 Å². The molecule has 2 aromatic heterocycles. The Hall–Kier alpha value is -5.45. The maximum atomic E-state index is 12.7. The van der Waals surface area contributed by atoms with Crippen molar-refractivity contribution < 1.29 is 24.2 Å². The van der Waals surface area contributed by atoms with E-state index in [9.17, 15) is 14.7 Å². The quantitative estimate of drug-likeness (QED) is 0.107. The van der Waals surface area contributed by atoms with Crippen LogP contribution < -0.4 is 25.4 Å². The van der Waals surface area contributed by atoms with E-state index in [0.717, 1.165) is 51.4 Å². The van der Waals surface area contributed by atoms with E-state index in [1.54, 1.807) is 38.6 Å². The molecule has 5 rings (SSSR count). The molecule has 5 aromatic rings. The minimum atomic E-state index is -0.666. The van der Waals surface area contributed by atoms with E-state index >= 15 is 0 Å². The van der Waals surface area contributed by atoms with Gasteiger partial charge < -0.3 is 35.1 Å². The lowest BCUT2D eigenvalue weighted by Gasteiger charge is -2.18. The Labute approximate surface area is 299 Å². The van der Waals surface area contributed by atoms with Gasteiger partial charge in [-0.25, -0.2) is 4.98 Å². The number of methoxy groups -OCH3 is 2. The highest BCUT2D eigenvalue weighted by molar-refractivity contribution is 5.94. The number of aliphatic hydroxyl groups is 1. The van der Waals surface area contributed by atoms with Gasteiger partial charge >= 0.3 is 0 Å². The molecule has 51 heavy (non-hydrogen) atoms. The van der Waals surface area contributed by atoms with Gasteiger partial charge in [-0.15, -0.1) is 0 Å². The molecule has 2 amide bonds. The van der Waals surface area contributed by atoms with Crippen LogP contribution in [0.3, 0.4) is 0 Å². The fraction of sp³-hybridized carbons (Fsp3) is 0.293. The lowest BCUT2D eigenvalue weighted by atomic mass is 10.0. The average Bonchev–Trinajstić information content (AvgIpc) is 3.49. The molecule has 3 aromatic carbocycles. The molecule has 0 radical (unpaired) electrons. The molecule has 1 unspecified atom stereocenters. The largest absolute Gasteiger partial charge is 0.493 e. The van der Waals surface area contributed by atoms with Crippen molar-refractivity contribution >= 4 is 11.8 Å². The molecule has 0 fully saturated rings. The molecule has 10 heteroatoms. The van der Waals surface area contributed by atoms with E-state index in [2.05, 4.69) is 44.6 Å². The van der Waals surface area contributed by atoms with Crippen LogP contribution in [0, 0.1) is 13.8 Å². The average molecular weight is 690 g/mol. The SMILES string of the molecule is COc1ccc(CNC(=O)c2ccc(CNC(=O)Cc3ccc(CC(C)NC[C@H](O)c4ccc(-n5c(C)ccc5C)nc4)cc3)cc2)cc1OC. The minimum absolute atomic E-state index is 0.0790. The standard InChI is InChI=1S/C41H47N5O5/c1-27(42-26-36(47)35-17-19-39(43-25-35)46-28(2)6-7-29(46)3)20-30-8-10-31(11-9-30)22-40(48)44-23-32-12-15-34(16-13-32)41(49)45-24-33-14-18-37(50-4)38(21-33)51-5/h6-19,21,25,27,36,42,47H,20,22-24,26H2,1-5H3,(H,44,48)(H,45,49)/t27?,36-/m0/s1. The highest BCUT2D eigenvalue weighted by atomic mass is 16.5. The van der Waals surface area contributed by atoms with Crippen LogP contribution >= 0.6 is 0 Å². The van der Waals surface area contributed by atoms with Crippen molar-refractivity contribution in [2.24, 2.45) is 0 Å². The molecule has 10 nitrogen and oxygen atoms in total. The van der Waals surface area contributed by atoms with Crippen LogP contribution in [-0.2, 0) is 30.7 Å². The topological polar surface area (TPSA) is 127 Å². The molecular formula is C41H47N5O5. The number of hydrogen-bond acceptors (Lipinski definition) is 7. The fourth-order valence-corrected chi connectivity index (χ4v) is 5.90. The molecule has 0 aliphatic heterocycles. The van der Waals surface area contributed by atoms with Crippen LogP contribution in [0.25, 0.3) is 5.82 Å². The van der Waals surface area contributed by atoms with E-state index in [1.807, 2.05) is 74.5 Å². The zero-order valence-corrected chi connectivity index (χ0v) is 29.9. The number of carbonyl (C=O) groups excluding carboxylic acids is 2. The van der Waals surface area contributed by atoms with Gasteiger partial charge in [-0.1, -0.05) is 48.5 Å². The first-order valence-corrected chi connectivity index (χ1v) is 17.1. The number of carbonyl (C=O) groups is 2. The van der Waals surface area contributed by atoms with Crippen molar-refractivity contribution in [1.29, 1.82) is 0 Å². The Morgan fingerprint density at radius 1 is 0.765 bits per heavy atom. The summed E-state index contributed by atoms with van der Waals surface area (Å²) in [5.74, 6) is 1.81. The molecule has 0 aliphatic carbocycles. The third-order valence-corrected chi connectivity index (χ3v) is 8.85. The molecule has 0 aliphatic rings. The molecule has 0 spiro atoms. The number of amides is 2. The summed E-state index contributed by atoms with van der Waals surface area (Å²) >= 11 is 0. The van der Waals surface area contributed by atoms with Crippen molar-refractivity contribution in [3.05, 3.63) is 142 Å². The summed E-state index contributed by atoms with van der Waals surface area (Å²) in [6, 6.07) is 28.9. The summed E-state index contributed by atoms with van der Waals surface area (Å²) in [6.07, 6.45) is 2.13. The normalized spacial score (nSPS) is 12.2. The van der Waals surface area contributed by atoms with Crippen LogP contribution in [0.5, 0.6) is 11.5 Å². The monoisotopic (exact) mass is 689 g/mol. The predicted molar refractivity (Wildman–Crippen MR) is 198 cm³/mol. The van der Waals surface area contributed by atoms with E-state index in [4.69, 9.17) is 9.47 Å². The zero-order valence-electron chi connectivity index (χ0n) is 29.9. The second-order valence-electron chi connectivity index (χ2n) is 12.8. The van der Waals surface area contributed by atoms with Crippen LogP contribution in [0.1, 0.15) is 62.6 Å². The molecule has 2 atom stereocenters. The maximum absolute atomic E-state index is 12.7.